The van der Waals surface area contributed by atoms with Gasteiger partial charge in [0.05, 0.1) is 5.56 Å². The third kappa shape index (κ3) is 3.53. The number of alkyl halides is 3. The van der Waals surface area contributed by atoms with Crippen molar-refractivity contribution in [3.05, 3.63) is 71.4 Å². The Bertz CT molecular complexity index is 788. The molecule has 2 aromatic carbocycles. The summed E-state index contributed by atoms with van der Waals surface area (Å²) in [5.74, 6) is 0. The zero-order chi connectivity index (χ0) is 15.7. The molecule has 1 nitrogen and oxygen atoms in total. The molecule has 0 unspecified atom stereocenters. The Balaban J connectivity index is 0.00000192. The number of nitrogens with zero attached hydrogens (tertiary/aromatic N) is 1. The summed E-state index contributed by atoms with van der Waals surface area (Å²) in [7, 11) is 0. The zero-order valence-corrected chi connectivity index (χ0v) is 13.4. The van der Waals surface area contributed by atoms with Gasteiger partial charge in [0.2, 0.25) is 0 Å². The van der Waals surface area contributed by atoms with Crippen molar-refractivity contribution in [3.8, 4) is 0 Å². The van der Waals surface area contributed by atoms with Crippen molar-refractivity contribution in [2.45, 2.75) is 26.1 Å². The number of fused-ring (bicyclic) bond motifs is 1. The van der Waals surface area contributed by atoms with Crippen LogP contribution >= 0.6 is 12.4 Å². The molecule has 0 amide bonds. The standard InChI is InChI=1S/C18H16F3N.ClH/c1-2-22-12-14(16-5-3-4-6-17(16)22)11-13-7-9-15(10-8-13)18(19,20)21;/h3-10,12H,2,11H2,1H3;1H. The first kappa shape index (κ1) is 17.4. The average Bonchev–Trinajstić information content (AvgIpc) is 2.85. The molecule has 0 radical (unpaired) electrons. The summed E-state index contributed by atoms with van der Waals surface area (Å²) >= 11 is 0. The van der Waals surface area contributed by atoms with Gasteiger partial charge in [-0.05, 0) is 42.7 Å². The largest absolute Gasteiger partial charge is 0.416 e. The fourth-order valence-electron chi connectivity index (χ4n) is 2.76. The van der Waals surface area contributed by atoms with E-state index in [1.807, 2.05) is 12.1 Å². The second-order valence-electron chi connectivity index (χ2n) is 5.33. The van der Waals surface area contributed by atoms with E-state index in [9.17, 15) is 13.2 Å². The SMILES string of the molecule is CCn1cc(Cc2ccc(C(F)(F)F)cc2)c2ccccc21.Cl. The van der Waals surface area contributed by atoms with E-state index >= 15 is 0 Å². The minimum absolute atomic E-state index is 0. The van der Waals surface area contributed by atoms with E-state index in [1.165, 1.54) is 0 Å². The summed E-state index contributed by atoms with van der Waals surface area (Å²) in [6.45, 7) is 2.95. The lowest BCUT2D eigenvalue weighted by Gasteiger charge is -2.07. The first-order valence-electron chi connectivity index (χ1n) is 7.22. The molecule has 0 saturated carbocycles. The Morgan fingerprint density at radius 3 is 2.22 bits per heavy atom. The maximum Gasteiger partial charge on any atom is 0.416 e. The van der Waals surface area contributed by atoms with Crippen LogP contribution in [0.15, 0.2) is 54.7 Å². The molecule has 0 bridgehead atoms. The molecule has 1 aromatic heterocycles. The lowest BCUT2D eigenvalue weighted by atomic mass is 10.0. The van der Waals surface area contributed by atoms with E-state index in [0.717, 1.165) is 40.7 Å². The molecule has 0 N–H and O–H groups in total. The maximum atomic E-state index is 12.6. The smallest absolute Gasteiger partial charge is 0.347 e. The second kappa shape index (κ2) is 6.67. The third-order valence-electron chi connectivity index (χ3n) is 3.89. The molecule has 0 aliphatic carbocycles. The molecule has 23 heavy (non-hydrogen) atoms. The number of aromatic nitrogens is 1. The van der Waals surface area contributed by atoms with Crippen molar-refractivity contribution in [2.24, 2.45) is 0 Å². The van der Waals surface area contributed by atoms with Gasteiger partial charge in [0.1, 0.15) is 0 Å². The van der Waals surface area contributed by atoms with Crippen LogP contribution in [0.3, 0.4) is 0 Å². The average molecular weight is 340 g/mol. The van der Waals surface area contributed by atoms with E-state index in [-0.39, 0.29) is 12.4 Å². The van der Waals surface area contributed by atoms with Gasteiger partial charge in [0.15, 0.2) is 0 Å². The molecule has 5 heteroatoms. The summed E-state index contributed by atoms with van der Waals surface area (Å²) in [6.07, 6.45) is -1.56. The summed E-state index contributed by atoms with van der Waals surface area (Å²) in [5.41, 5.74) is 2.57. The predicted molar refractivity (Wildman–Crippen MR) is 89.1 cm³/mol. The van der Waals surface area contributed by atoms with E-state index in [0.29, 0.717) is 6.42 Å². The highest BCUT2D eigenvalue weighted by Gasteiger charge is 2.29. The normalized spacial score (nSPS) is 11.5. The van der Waals surface area contributed by atoms with E-state index in [4.69, 9.17) is 0 Å². The van der Waals surface area contributed by atoms with Crippen molar-refractivity contribution in [3.63, 3.8) is 0 Å². The highest BCUT2D eigenvalue weighted by Crippen LogP contribution is 2.30. The van der Waals surface area contributed by atoms with Crippen LogP contribution in [0.5, 0.6) is 0 Å². The lowest BCUT2D eigenvalue weighted by Crippen LogP contribution is -2.04. The van der Waals surface area contributed by atoms with Crippen LogP contribution in [-0.4, -0.2) is 4.57 Å². The number of hydrogen-bond acceptors (Lipinski definition) is 0. The van der Waals surface area contributed by atoms with Crippen LogP contribution < -0.4 is 0 Å². The van der Waals surface area contributed by atoms with Crippen LogP contribution in [0, 0.1) is 0 Å². The number of halogens is 4. The van der Waals surface area contributed by atoms with Crippen molar-refractivity contribution in [1.82, 2.24) is 4.57 Å². The van der Waals surface area contributed by atoms with E-state index < -0.39 is 11.7 Å². The van der Waals surface area contributed by atoms with Crippen molar-refractivity contribution in [1.29, 1.82) is 0 Å². The molecular weight excluding hydrogens is 323 g/mol. The Hall–Kier alpha value is -1.94. The van der Waals surface area contributed by atoms with Gasteiger partial charge in [-0.1, -0.05) is 30.3 Å². The molecule has 0 atom stereocenters. The number of benzene rings is 2. The minimum atomic E-state index is -4.28. The van der Waals surface area contributed by atoms with Crippen LogP contribution in [0.4, 0.5) is 13.2 Å². The molecule has 1 heterocycles. The Morgan fingerprint density at radius 2 is 1.61 bits per heavy atom. The van der Waals surface area contributed by atoms with Crippen LogP contribution in [0.1, 0.15) is 23.6 Å². The highest BCUT2D eigenvalue weighted by atomic mass is 35.5. The predicted octanol–water partition coefficient (Wildman–Crippen LogP) is 5.69. The van der Waals surface area contributed by atoms with Gasteiger partial charge in [0, 0.05) is 23.6 Å². The Labute approximate surface area is 139 Å². The molecule has 3 aromatic rings. The zero-order valence-electron chi connectivity index (χ0n) is 12.6. The summed E-state index contributed by atoms with van der Waals surface area (Å²) in [4.78, 5) is 0. The van der Waals surface area contributed by atoms with Gasteiger partial charge in [-0.2, -0.15) is 13.2 Å². The molecule has 0 saturated heterocycles. The van der Waals surface area contributed by atoms with Gasteiger partial charge >= 0.3 is 6.18 Å². The Morgan fingerprint density at radius 1 is 0.957 bits per heavy atom. The van der Waals surface area contributed by atoms with Gasteiger partial charge in [-0.25, -0.2) is 0 Å². The summed E-state index contributed by atoms with van der Waals surface area (Å²) in [5, 5.41) is 1.16. The molecule has 0 spiro atoms. The molecule has 0 aliphatic rings. The lowest BCUT2D eigenvalue weighted by molar-refractivity contribution is -0.137. The monoisotopic (exact) mass is 339 g/mol. The van der Waals surface area contributed by atoms with Gasteiger partial charge in [0.25, 0.3) is 0 Å². The molecule has 0 aliphatic heterocycles. The van der Waals surface area contributed by atoms with E-state index in [2.05, 4.69) is 29.8 Å². The fourth-order valence-corrected chi connectivity index (χ4v) is 2.76. The number of rotatable bonds is 3. The summed E-state index contributed by atoms with van der Waals surface area (Å²) < 4.78 is 40.0. The second-order valence-corrected chi connectivity index (χ2v) is 5.33. The first-order valence-corrected chi connectivity index (χ1v) is 7.22. The molecule has 122 valence electrons. The molecule has 0 fully saturated rings. The van der Waals surface area contributed by atoms with Gasteiger partial charge in [-0.3, -0.25) is 0 Å². The molecular formula is C18H17ClF3N. The fraction of sp³-hybridized carbons (Fsp3) is 0.222. The van der Waals surface area contributed by atoms with Gasteiger partial charge in [-0.15, -0.1) is 12.4 Å². The van der Waals surface area contributed by atoms with Crippen LogP contribution in [0.25, 0.3) is 10.9 Å². The van der Waals surface area contributed by atoms with Crippen LogP contribution in [0.2, 0.25) is 0 Å². The van der Waals surface area contributed by atoms with Gasteiger partial charge < -0.3 is 4.57 Å². The number of para-hydroxylation sites is 1. The Kier molecular flexibility index (Phi) is 5.05. The highest BCUT2D eigenvalue weighted by molar-refractivity contribution is 5.85. The van der Waals surface area contributed by atoms with Crippen molar-refractivity contribution in [2.75, 3.05) is 0 Å². The van der Waals surface area contributed by atoms with Crippen molar-refractivity contribution < 1.29 is 13.2 Å². The van der Waals surface area contributed by atoms with Crippen molar-refractivity contribution >= 4 is 23.3 Å². The summed E-state index contributed by atoms with van der Waals surface area (Å²) in [6, 6.07) is 13.5. The minimum Gasteiger partial charge on any atom is -0.347 e. The van der Waals surface area contributed by atoms with Crippen LogP contribution in [-0.2, 0) is 19.1 Å². The third-order valence-corrected chi connectivity index (χ3v) is 3.89. The number of hydrogen-bond donors (Lipinski definition) is 0. The topological polar surface area (TPSA) is 4.93 Å². The maximum absolute atomic E-state index is 12.6. The molecule has 3 rings (SSSR count). The quantitative estimate of drug-likeness (QED) is 0.577. The van der Waals surface area contributed by atoms with E-state index in [1.54, 1.807) is 12.1 Å². The number of aryl methyl sites for hydroxylation is 1. The first-order chi connectivity index (χ1) is 10.5.